The van der Waals surface area contributed by atoms with E-state index in [1.807, 2.05) is 0 Å². The maximum absolute atomic E-state index is 12.3. The standard InChI is InChI=1S/C19H20BrCl2NO2S/c20-17-6-2-4-15-14(3-1-5-16(15)17)9-10-23-26(24,25)12-13-7-8-18(21)19(22)11-13/h2,4,6-8,11,14,23H,1,3,5,9-10,12H2. The maximum atomic E-state index is 12.3. The zero-order valence-electron chi connectivity index (χ0n) is 14.1. The molecular weight excluding hydrogens is 457 g/mol. The molecule has 140 valence electrons. The van der Waals surface area contributed by atoms with Gasteiger partial charge in [-0.15, -0.1) is 0 Å². The largest absolute Gasteiger partial charge is 0.215 e. The molecule has 1 aliphatic rings. The third-order valence-electron chi connectivity index (χ3n) is 4.73. The van der Waals surface area contributed by atoms with Gasteiger partial charge >= 0.3 is 0 Å². The predicted molar refractivity (Wildman–Crippen MR) is 112 cm³/mol. The summed E-state index contributed by atoms with van der Waals surface area (Å²) in [4.78, 5) is 0. The molecule has 26 heavy (non-hydrogen) atoms. The van der Waals surface area contributed by atoms with Crippen molar-refractivity contribution in [1.29, 1.82) is 0 Å². The Morgan fingerprint density at radius 1 is 1.15 bits per heavy atom. The lowest BCUT2D eigenvalue weighted by molar-refractivity contribution is 0.511. The lowest BCUT2D eigenvalue weighted by atomic mass is 9.81. The van der Waals surface area contributed by atoms with Crippen molar-refractivity contribution in [2.45, 2.75) is 37.4 Å². The van der Waals surface area contributed by atoms with E-state index in [-0.39, 0.29) is 5.75 Å². The monoisotopic (exact) mass is 475 g/mol. The van der Waals surface area contributed by atoms with Gasteiger partial charge < -0.3 is 0 Å². The van der Waals surface area contributed by atoms with Gasteiger partial charge in [0, 0.05) is 11.0 Å². The van der Waals surface area contributed by atoms with Crippen molar-refractivity contribution in [2.24, 2.45) is 0 Å². The third kappa shape index (κ3) is 5.02. The molecule has 0 spiro atoms. The van der Waals surface area contributed by atoms with E-state index in [9.17, 15) is 8.42 Å². The molecule has 0 saturated carbocycles. The lowest BCUT2D eigenvalue weighted by Gasteiger charge is -2.26. The van der Waals surface area contributed by atoms with Crippen molar-refractivity contribution in [1.82, 2.24) is 4.72 Å². The van der Waals surface area contributed by atoms with E-state index >= 15 is 0 Å². The van der Waals surface area contributed by atoms with E-state index in [0.717, 1.165) is 30.2 Å². The molecule has 0 radical (unpaired) electrons. The molecule has 7 heteroatoms. The Bertz CT molecular complexity index is 902. The zero-order chi connectivity index (χ0) is 18.7. The molecule has 1 atom stereocenters. The fraction of sp³-hybridized carbons (Fsp3) is 0.368. The molecule has 0 fully saturated rings. The fourth-order valence-corrected chi connectivity index (χ4v) is 5.54. The summed E-state index contributed by atoms with van der Waals surface area (Å²) in [7, 11) is -3.41. The minimum absolute atomic E-state index is 0.101. The van der Waals surface area contributed by atoms with E-state index in [0.29, 0.717) is 28.1 Å². The molecule has 1 unspecified atom stereocenters. The van der Waals surface area contributed by atoms with Gasteiger partial charge in [0.1, 0.15) is 0 Å². The maximum Gasteiger partial charge on any atom is 0.215 e. The molecular formula is C19H20BrCl2NO2S. The molecule has 2 aromatic rings. The summed E-state index contributed by atoms with van der Waals surface area (Å²) < 4.78 is 28.6. The van der Waals surface area contributed by atoms with Crippen LogP contribution in [0.2, 0.25) is 10.0 Å². The number of rotatable bonds is 6. The summed E-state index contributed by atoms with van der Waals surface area (Å²) in [5.74, 6) is 0.292. The molecule has 2 aromatic carbocycles. The number of halogens is 3. The Morgan fingerprint density at radius 2 is 1.96 bits per heavy atom. The van der Waals surface area contributed by atoms with Crippen molar-refractivity contribution < 1.29 is 8.42 Å². The van der Waals surface area contributed by atoms with Gasteiger partial charge in [-0.1, -0.05) is 57.3 Å². The van der Waals surface area contributed by atoms with Crippen LogP contribution < -0.4 is 4.72 Å². The topological polar surface area (TPSA) is 46.2 Å². The van der Waals surface area contributed by atoms with Crippen LogP contribution in [0.15, 0.2) is 40.9 Å². The van der Waals surface area contributed by atoms with E-state index < -0.39 is 10.0 Å². The Hall–Kier alpha value is -0.590. The van der Waals surface area contributed by atoms with Crippen LogP contribution in [0.4, 0.5) is 0 Å². The van der Waals surface area contributed by atoms with Crippen LogP contribution in [0.5, 0.6) is 0 Å². The van der Waals surface area contributed by atoms with Crippen LogP contribution in [0.25, 0.3) is 0 Å². The van der Waals surface area contributed by atoms with Crippen LogP contribution in [-0.2, 0) is 22.2 Å². The van der Waals surface area contributed by atoms with Crippen LogP contribution >= 0.6 is 39.1 Å². The molecule has 1 N–H and O–H groups in total. The first-order valence-electron chi connectivity index (χ1n) is 8.54. The van der Waals surface area contributed by atoms with Gasteiger partial charge in [0.2, 0.25) is 10.0 Å². The average molecular weight is 477 g/mol. The first kappa shape index (κ1) is 20.2. The molecule has 3 nitrogen and oxygen atoms in total. The lowest BCUT2D eigenvalue weighted by Crippen LogP contribution is -2.27. The summed E-state index contributed by atoms with van der Waals surface area (Å²) in [6, 6.07) is 11.2. The number of hydrogen-bond donors (Lipinski definition) is 1. The van der Waals surface area contributed by atoms with Crippen molar-refractivity contribution in [3.8, 4) is 0 Å². The molecule has 0 amide bonds. The van der Waals surface area contributed by atoms with Crippen LogP contribution in [0.3, 0.4) is 0 Å². The average Bonchev–Trinajstić information content (AvgIpc) is 2.58. The second kappa shape index (κ2) is 8.61. The molecule has 0 bridgehead atoms. The van der Waals surface area contributed by atoms with Gasteiger partial charge in [-0.05, 0) is 66.5 Å². The Morgan fingerprint density at radius 3 is 2.73 bits per heavy atom. The summed E-state index contributed by atoms with van der Waals surface area (Å²) in [6.07, 6.45) is 4.11. The Labute approximate surface area is 173 Å². The predicted octanol–water partition coefficient (Wildman–Crippen LogP) is 5.69. The number of benzene rings is 2. The van der Waals surface area contributed by atoms with E-state index in [1.165, 1.54) is 11.1 Å². The molecule has 0 heterocycles. The van der Waals surface area contributed by atoms with Crippen LogP contribution in [-0.4, -0.2) is 15.0 Å². The SMILES string of the molecule is O=S(=O)(Cc1ccc(Cl)c(Cl)c1)NCCC1CCCc2c(Br)cccc21. The van der Waals surface area contributed by atoms with Crippen molar-refractivity contribution in [2.75, 3.05) is 6.54 Å². The summed E-state index contributed by atoms with van der Waals surface area (Å²) in [5.41, 5.74) is 3.33. The van der Waals surface area contributed by atoms with E-state index in [4.69, 9.17) is 23.2 Å². The highest BCUT2D eigenvalue weighted by Crippen LogP contribution is 2.37. The van der Waals surface area contributed by atoms with Crippen molar-refractivity contribution >= 4 is 49.2 Å². The normalized spacial score (nSPS) is 17.1. The van der Waals surface area contributed by atoms with Gasteiger partial charge in [-0.3, -0.25) is 0 Å². The zero-order valence-corrected chi connectivity index (χ0v) is 18.1. The second-order valence-corrected chi connectivity index (χ2v) is 10.1. The smallest absolute Gasteiger partial charge is 0.215 e. The van der Waals surface area contributed by atoms with Crippen LogP contribution in [0, 0.1) is 0 Å². The highest BCUT2D eigenvalue weighted by molar-refractivity contribution is 9.10. The summed E-state index contributed by atoms with van der Waals surface area (Å²) in [6.45, 7) is 0.431. The number of nitrogens with one attached hydrogen (secondary N) is 1. The third-order valence-corrected chi connectivity index (χ3v) is 7.57. The van der Waals surface area contributed by atoms with E-state index in [1.54, 1.807) is 18.2 Å². The van der Waals surface area contributed by atoms with Crippen LogP contribution in [0.1, 0.15) is 41.9 Å². The van der Waals surface area contributed by atoms with Gasteiger partial charge in [-0.2, -0.15) is 0 Å². The van der Waals surface area contributed by atoms with E-state index in [2.05, 4.69) is 38.9 Å². The number of sulfonamides is 1. The molecule has 0 aliphatic heterocycles. The summed E-state index contributed by atoms with van der Waals surface area (Å²) in [5, 5.41) is 0.784. The van der Waals surface area contributed by atoms with Crippen molar-refractivity contribution in [3.63, 3.8) is 0 Å². The molecule has 3 rings (SSSR count). The quantitative estimate of drug-likeness (QED) is 0.582. The molecule has 1 aliphatic carbocycles. The van der Waals surface area contributed by atoms with Gasteiger partial charge in [0.05, 0.1) is 15.8 Å². The minimum Gasteiger partial charge on any atom is -0.215 e. The first-order valence-corrected chi connectivity index (χ1v) is 11.7. The number of fused-ring (bicyclic) bond motifs is 1. The Balaban J connectivity index is 1.59. The fourth-order valence-electron chi connectivity index (χ4n) is 3.49. The first-order chi connectivity index (χ1) is 12.4. The second-order valence-electron chi connectivity index (χ2n) is 6.59. The summed E-state index contributed by atoms with van der Waals surface area (Å²) >= 11 is 15.5. The highest BCUT2D eigenvalue weighted by atomic mass is 79.9. The molecule has 0 saturated heterocycles. The van der Waals surface area contributed by atoms with Gasteiger partial charge in [-0.25, -0.2) is 13.1 Å². The highest BCUT2D eigenvalue weighted by Gasteiger charge is 2.22. The van der Waals surface area contributed by atoms with Crippen molar-refractivity contribution in [3.05, 3.63) is 67.6 Å². The van der Waals surface area contributed by atoms with Gasteiger partial charge in [0.25, 0.3) is 0 Å². The molecule has 0 aromatic heterocycles. The Kier molecular flexibility index (Phi) is 6.68. The number of hydrogen-bond acceptors (Lipinski definition) is 2. The minimum atomic E-state index is -3.41. The van der Waals surface area contributed by atoms with Gasteiger partial charge in [0.15, 0.2) is 0 Å².